The molecule has 1 nitrogen and oxygen atoms in total. The first-order chi connectivity index (χ1) is 3.18. The van der Waals surface area contributed by atoms with E-state index in [9.17, 15) is 0 Å². The number of hydrogen-bond donors (Lipinski definition) is 0. The molecule has 0 aliphatic heterocycles. The molecular weight excluding hydrogens is 136 g/mol. The third kappa shape index (κ3) is 3.22. The van der Waals surface area contributed by atoms with E-state index in [0.717, 1.165) is 15.7 Å². The molecule has 0 saturated carbocycles. The average molecular weight is 150 g/mol. The lowest BCUT2D eigenvalue weighted by Crippen LogP contribution is -2.17. The van der Waals surface area contributed by atoms with Crippen molar-refractivity contribution >= 4 is 29.8 Å². The highest BCUT2D eigenvalue weighted by Crippen LogP contribution is 2.00. The van der Waals surface area contributed by atoms with Gasteiger partial charge in [-0.1, -0.05) is 6.92 Å². The van der Waals surface area contributed by atoms with E-state index in [4.69, 9.17) is 4.12 Å². The van der Waals surface area contributed by atoms with Crippen LogP contribution in [0.1, 0.15) is 6.92 Å². The van der Waals surface area contributed by atoms with Crippen LogP contribution in [0.4, 0.5) is 0 Å². The fourth-order valence-corrected chi connectivity index (χ4v) is 4.90. The molecule has 0 radical (unpaired) electrons. The summed E-state index contributed by atoms with van der Waals surface area (Å²) >= 11 is 0. The standard InChI is InChI=1S/C3H14OSi3/c1-3(5)7(2)4-6/h3,7H,1-2,5-6H3. The van der Waals surface area contributed by atoms with Crippen molar-refractivity contribution in [2.45, 2.75) is 18.6 Å². The summed E-state index contributed by atoms with van der Waals surface area (Å²) in [7, 11) is 1.64. The molecule has 0 aromatic carbocycles. The minimum absolute atomic E-state index is 0.631. The second-order valence-corrected chi connectivity index (χ2v) is 9.97. The predicted molar refractivity (Wildman–Crippen MR) is 43.4 cm³/mol. The van der Waals surface area contributed by atoms with Crippen LogP contribution in [-0.2, 0) is 4.12 Å². The van der Waals surface area contributed by atoms with Gasteiger partial charge in [0.05, 0.1) is 0 Å². The quantitative estimate of drug-likeness (QED) is 0.429. The highest BCUT2D eigenvalue weighted by molar-refractivity contribution is 6.63. The maximum absolute atomic E-state index is 5.32. The third-order valence-corrected chi connectivity index (χ3v) is 8.98. The molecule has 2 unspecified atom stereocenters. The number of rotatable bonds is 2. The molecule has 0 saturated heterocycles. The molecular formula is C3H14OSi3. The first kappa shape index (κ1) is 7.61. The number of hydrogen-bond acceptors (Lipinski definition) is 1. The molecule has 0 amide bonds. The van der Waals surface area contributed by atoms with Crippen LogP contribution in [0.5, 0.6) is 0 Å². The lowest BCUT2D eigenvalue weighted by atomic mass is 10.9. The van der Waals surface area contributed by atoms with E-state index in [2.05, 4.69) is 13.5 Å². The van der Waals surface area contributed by atoms with Gasteiger partial charge < -0.3 is 4.12 Å². The maximum atomic E-state index is 5.32. The summed E-state index contributed by atoms with van der Waals surface area (Å²) < 4.78 is 5.32. The second kappa shape index (κ2) is 3.59. The van der Waals surface area contributed by atoms with Crippen molar-refractivity contribution in [3.63, 3.8) is 0 Å². The fourth-order valence-electron chi connectivity index (χ4n) is 0.272. The van der Waals surface area contributed by atoms with Crippen LogP contribution < -0.4 is 0 Å². The van der Waals surface area contributed by atoms with E-state index < -0.39 is 9.04 Å². The van der Waals surface area contributed by atoms with Crippen LogP contribution >= 0.6 is 0 Å². The molecule has 0 spiro atoms. The van der Waals surface area contributed by atoms with Gasteiger partial charge in [-0.25, -0.2) is 0 Å². The van der Waals surface area contributed by atoms with Gasteiger partial charge in [0.25, 0.3) is 0 Å². The molecule has 0 aromatic rings. The smallest absolute Gasteiger partial charge is 0.158 e. The summed E-state index contributed by atoms with van der Waals surface area (Å²) in [5, 5.41) is 0.956. The van der Waals surface area contributed by atoms with Gasteiger partial charge in [0.2, 0.25) is 0 Å². The Hall–Kier alpha value is 0.611. The van der Waals surface area contributed by atoms with Crippen LogP contribution in [0.25, 0.3) is 0 Å². The topological polar surface area (TPSA) is 9.23 Å². The van der Waals surface area contributed by atoms with E-state index in [1.165, 1.54) is 10.2 Å². The van der Waals surface area contributed by atoms with Gasteiger partial charge in [0.1, 0.15) is 10.5 Å². The highest BCUT2D eigenvalue weighted by Gasteiger charge is 2.04. The molecule has 44 valence electrons. The zero-order valence-electron chi connectivity index (χ0n) is 5.56. The molecule has 0 bridgehead atoms. The van der Waals surface area contributed by atoms with Gasteiger partial charge in [0.15, 0.2) is 9.04 Å². The normalized spacial score (nSPS) is 19.7. The second-order valence-electron chi connectivity index (χ2n) is 2.18. The Morgan fingerprint density at radius 1 is 1.71 bits per heavy atom. The van der Waals surface area contributed by atoms with Crippen LogP contribution in [0.2, 0.25) is 11.7 Å². The molecule has 0 aliphatic rings. The van der Waals surface area contributed by atoms with Crippen LogP contribution in [0.15, 0.2) is 0 Å². The zero-order chi connectivity index (χ0) is 5.86. The molecule has 0 fully saturated rings. The van der Waals surface area contributed by atoms with Crippen molar-refractivity contribution in [2.24, 2.45) is 0 Å². The zero-order valence-corrected chi connectivity index (χ0v) is 10.7. The first-order valence-electron chi connectivity index (χ1n) is 2.71. The highest BCUT2D eigenvalue weighted by atomic mass is 28.3. The summed E-state index contributed by atoms with van der Waals surface area (Å²) in [4.78, 5) is 0. The van der Waals surface area contributed by atoms with Crippen LogP contribution in [-0.4, -0.2) is 29.8 Å². The minimum atomic E-state index is -0.631. The summed E-state index contributed by atoms with van der Waals surface area (Å²) in [6.07, 6.45) is 0. The van der Waals surface area contributed by atoms with E-state index in [-0.39, 0.29) is 0 Å². The Morgan fingerprint density at radius 3 is 2.14 bits per heavy atom. The van der Waals surface area contributed by atoms with Crippen molar-refractivity contribution in [3.05, 3.63) is 0 Å². The van der Waals surface area contributed by atoms with Gasteiger partial charge in [0, 0.05) is 10.2 Å². The Kier molecular flexibility index (Phi) is 3.91. The fraction of sp³-hybridized carbons (Fsp3) is 1.00. The van der Waals surface area contributed by atoms with Gasteiger partial charge in [-0.3, -0.25) is 0 Å². The molecule has 2 atom stereocenters. The Balaban J connectivity index is 3.14. The molecule has 0 heterocycles. The SMILES string of the molecule is CC([SiH3])[SiH](C)O[SiH3]. The van der Waals surface area contributed by atoms with Crippen molar-refractivity contribution in [2.75, 3.05) is 0 Å². The molecule has 0 aromatic heterocycles. The summed E-state index contributed by atoms with van der Waals surface area (Å²) in [5.74, 6) is 0. The van der Waals surface area contributed by atoms with Crippen LogP contribution in [0.3, 0.4) is 0 Å². The monoisotopic (exact) mass is 150 g/mol. The van der Waals surface area contributed by atoms with Gasteiger partial charge in [-0.2, -0.15) is 0 Å². The lowest BCUT2D eigenvalue weighted by Gasteiger charge is -2.10. The van der Waals surface area contributed by atoms with Crippen molar-refractivity contribution < 1.29 is 4.12 Å². The first-order valence-corrected chi connectivity index (χ1v) is 6.97. The molecule has 0 N–H and O–H groups in total. The summed E-state index contributed by atoms with van der Waals surface area (Å²) in [6.45, 7) is 4.58. The maximum Gasteiger partial charge on any atom is 0.158 e. The minimum Gasteiger partial charge on any atom is -0.466 e. The Bertz CT molecular complexity index is 47.4. The van der Waals surface area contributed by atoms with Crippen LogP contribution in [0, 0.1) is 0 Å². The van der Waals surface area contributed by atoms with Crippen molar-refractivity contribution in [1.82, 2.24) is 0 Å². The summed E-state index contributed by atoms with van der Waals surface area (Å²) in [5.41, 5.74) is 0. The summed E-state index contributed by atoms with van der Waals surface area (Å²) in [6, 6.07) is 0. The van der Waals surface area contributed by atoms with Crippen molar-refractivity contribution in [3.8, 4) is 0 Å². The van der Waals surface area contributed by atoms with Gasteiger partial charge >= 0.3 is 0 Å². The predicted octanol–water partition coefficient (Wildman–Crippen LogP) is -1.65. The molecule has 0 aliphatic carbocycles. The van der Waals surface area contributed by atoms with E-state index in [1.54, 1.807) is 0 Å². The Morgan fingerprint density at radius 2 is 2.14 bits per heavy atom. The lowest BCUT2D eigenvalue weighted by molar-refractivity contribution is 0.633. The van der Waals surface area contributed by atoms with Gasteiger partial charge in [-0.05, 0) is 11.7 Å². The average Bonchev–Trinajstić information content (AvgIpc) is 1.65. The third-order valence-electron chi connectivity index (χ3n) is 1.31. The van der Waals surface area contributed by atoms with Crippen molar-refractivity contribution in [1.29, 1.82) is 0 Å². The van der Waals surface area contributed by atoms with E-state index in [1.807, 2.05) is 0 Å². The van der Waals surface area contributed by atoms with E-state index in [0.29, 0.717) is 0 Å². The molecule has 4 heteroatoms. The molecule has 0 rings (SSSR count). The Labute approximate surface area is 53.1 Å². The molecule has 7 heavy (non-hydrogen) atoms. The largest absolute Gasteiger partial charge is 0.466 e. The van der Waals surface area contributed by atoms with E-state index >= 15 is 0 Å². The van der Waals surface area contributed by atoms with Gasteiger partial charge in [-0.15, -0.1) is 0 Å².